The minimum Gasteiger partial charge on any atom is -0.488 e. The van der Waals surface area contributed by atoms with E-state index in [9.17, 15) is 0 Å². The van der Waals surface area contributed by atoms with Gasteiger partial charge in [0.15, 0.2) is 0 Å². The number of aliphatic hydroxyl groups is 2. The number of rotatable bonds is 4. The minimum absolute atomic E-state index is 0.0196. The monoisotopic (exact) mass is 346 g/mol. The number of aromatic nitrogens is 2. The number of para-hydroxylation sites is 1. The number of hydrogen-bond donors (Lipinski definition) is 2. The molecule has 5 heteroatoms. The fourth-order valence-corrected chi connectivity index (χ4v) is 2.91. The maximum atomic E-state index is 9.03. The van der Waals surface area contributed by atoms with Gasteiger partial charge in [0, 0.05) is 24.6 Å². The van der Waals surface area contributed by atoms with Crippen LogP contribution in [0.3, 0.4) is 0 Å². The summed E-state index contributed by atoms with van der Waals surface area (Å²) >= 11 is 0. The van der Waals surface area contributed by atoms with Gasteiger partial charge in [0.2, 0.25) is 0 Å². The van der Waals surface area contributed by atoms with E-state index in [-0.39, 0.29) is 18.8 Å². The summed E-state index contributed by atoms with van der Waals surface area (Å²) in [6, 6.07) is 5.77. The van der Waals surface area contributed by atoms with Gasteiger partial charge in [-0.3, -0.25) is 0 Å². The van der Waals surface area contributed by atoms with E-state index >= 15 is 0 Å². The third-order valence-corrected chi connectivity index (χ3v) is 4.54. The third kappa shape index (κ3) is 6.25. The van der Waals surface area contributed by atoms with Gasteiger partial charge in [-0.1, -0.05) is 19.1 Å². The normalized spacial score (nSPS) is 21.3. The van der Waals surface area contributed by atoms with Crippen LogP contribution in [0.15, 0.2) is 24.4 Å². The SMILES string of the molecule is CC1CCC(O)CC1.Cc1ncc2cccc(OC(C)CCO)c2n1. The number of aryl methyl sites for hydroxylation is 1. The number of nitrogens with zero attached hydrogens (tertiary/aromatic N) is 2. The van der Waals surface area contributed by atoms with E-state index in [1.54, 1.807) is 6.20 Å². The lowest BCUT2D eigenvalue weighted by Crippen LogP contribution is -2.15. The highest BCUT2D eigenvalue weighted by Crippen LogP contribution is 2.24. The topological polar surface area (TPSA) is 75.5 Å². The zero-order valence-corrected chi connectivity index (χ0v) is 15.5. The number of aliphatic hydroxyl groups excluding tert-OH is 2. The first-order valence-corrected chi connectivity index (χ1v) is 9.17. The molecule has 2 N–H and O–H groups in total. The zero-order chi connectivity index (χ0) is 18.2. The van der Waals surface area contributed by atoms with Gasteiger partial charge in [0.1, 0.15) is 17.1 Å². The van der Waals surface area contributed by atoms with E-state index in [0.717, 1.165) is 41.2 Å². The highest BCUT2D eigenvalue weighted by atomic mass is 16.5. The van der Waals surface area contributed by atoms with Gasteiger partial charge in [-0.15, -0.1) is 0 Å². The van der Waals surface area contributed by atoms with Crippen LogP contribution in [0.2, 0.25) is 0 Å². The summed E-state index contributed by atoms with van der Waals surface area (Å²) in [5.41, 5.74) is 0.824. The summed E-state index contributed by atoms with van der Waals surface area (Å²) in [5.74, 6) is 2.33. The predicted molar refractivity (Wildman–Crippen MR) is 99.7 cm³/mol. The van der Waals surface area contributed by atoms with Crippen LogP contribution in [-0.4, -0.2) is 39.0 Å². The molecule has 1 heterocycles. The Morgan fingerprint density at radius 3 is 2.60 bits per heavy atom. The van der Waals surface area contributed by atoms with Crippen LogP contribution in [0.4, 0.5) is 0 Å². The standard InChI is InChI=1S/C13H16N2O2.C7H14O/c1-9(6-7-16)17-12-5-3-4-11-8-14-10(2)15-13(11)12;1-6-2-4-7(8)5-3-6/h3-5,8-9,16H,6-7H2,1-2H3;6-8H,2-5H2,1H3. The first-order valence-electron chi connectivity index (χ1n) is 9.17. The zero-order valence-electron chi connectivity index (χ0n) is 15.5. The summed E-state index contributed by atoms with van der Waals surface area (Å²) in [7, 11) is 0. The Morgan fingerprint density at radius 2 is 1.96 bits per heavy atom. The lowest BCUT2D eigenvalue weighted by atomic mass is 9.89. The number of benzene rings is 1. The van der Waals surface area contributed by atoms with E-state index in [1.165, 1.54) is 12.8 Å². The summed E-state index contributed by atoms with van der Waals surface area (Å²) in [6.07, 6.45) is 6.90. The molecule has 3 rings (SSSR count). The molecule has 2 aromatic rings. The molecule has 1 unspecified atom stereocenters. The molecule has 1 atom stereocenters. The van der Waals surface area contributed by atoms with E-state index in [4.69, 9.17) is 14.9 Å². The average molecular weight is 346 g/mol. The molecular weight excluding hydrogens is 316 g/mol. The van der Waals surface area contributed by atoms with Crippen LogP contribution < -0.4 is 4.74 Å². The highest BCUT2D eigenvalue weighted by Gasteiger charge is 2.14. The Balaban J connectivity index is 0.000000236. The molecule has 0 aliphatic heterocycles. The molecule has 1 aromatic heterocycles. The van der Waals surface area contributed by atoms with Gasteiger partial charge >= 0.3 is 0 Å². The Hall–Kier alpha value is -1.72. The fourth-order valence-electron chi connectivity index (χ4n) is 2.91. The second-order valence-corrected chi connectivity index (χ2v) is 6.97. The van der Waals surface area contributed by atoms with Crippen LogP contribution in [-0.2, 0) is 0 Å². The molecule has 1 aliphatic carbocycles. The molecule has 1 saturated carbocycles. The van der Waals surface area contributed by atoms with Crippen molar-refractivity contribution in [1.29, 1.82) is 0 Å². The Kier molecular flexibility index (Phi) is 7.59. The van der Waals surface area contributed by atoms with Crippen molar-refractivity contribution in [2.45, 2.75) is 65.1 Å². The molecule has 0 saturated heterocycles. The van der Waals surface area contributed by atoms with Crippen LogP contribution in [0.1, 0.15) is 51.8 Å². The Bertz CT molecular complexity index is 644. The van der Waals surface area contributed by atoms with Crippen LogP contribution in [0, 0.1) is 12.8 Å². The van der Waals surface area contributed by atoms with Gasteiger partial charge in [0.05, 0.1) is 12.2 Å². The van der Waals surface area contributed by atoms with Gasteiger partial charge in [-0.25, -0.2) is 9.97 Å². The van der Waals surface area contributed by atoms with Crippen LogP contribution in [0.5, 0.6) is 5.75 Å². The lowest BCUT2D eigenvalue weighted by molar-refractivity contribution is 0.112. The number of fused-ring (bicyclic) bond motifs is 1. The second kappa shape index (κ2) is 9.68. The number of hydrogen-bond acceptors (Lipinski definition) is 5. The van der Waals surface area contributed by atoms with Crippen molar-refractivity contribution in [3.8, 4) is 5.75 Å². The van der Waals surface area contributed by atoms with Crippen molar-refractivity contribution in [3.05, 3.63) is 30.2 Å². The Labute approximate surface area is 150 Å². The molecule has 0 spiro atoms. The lowest BCUT2D eigenvalue weighted by Gasteiger charge is -2.21. The van der Waals surface area contributed by atoms with Gasteiger partial charge in [-0.05, 0) is 51.5 Å². The molecule has 0 amide bonds. The van der Waals surface area contributed by atoms with E-state index in [2.05, 4.69) is 16.9 Å². The minimum atomic E-state index is -0.0270. The molecule has 1 aliphatic rings. The van der Waals surface area contributed by atoms with E-state index < -0.39 is 0 Å². The molecule has 25 heavy (non-hydrogen) atoms. The van der Waals surface area contributed by atoms with Crippen LogP contribution in [0.25, 0.3) is 10.9 Å². The molecule has 138 valence electrons. The van der Waals surface area contributed by atoms with E-state index in [0.29, 0.717) is 6.42 Å². The summed E-state index contributed by atoms with van der Waals surface area (Å²) < 4.78 is 5.77. The third-order valence-electron chi connectivity index (χ3n) is 4.54. The smallest absolute Gasteiger partial charge is 0.146 e. The maximum absolute atomic E-state index is 9.03. The van der Waals surface area contributed by atoms with Crippen molar-refractivity contribution < 1.29 is 14.9 Å². The summed E-state index contributed by atoms with van der Waals surface area (Å²) in [5, 5.41) is 18.9. The average Bonchev–Trinajstić information content (AvgIpc) is 2.59. The van der Waals surface area contributed by atoms with Crippen molar-refractivity contribution in [2.24, 2.45) is 5.92 Å². The predicted octanol–water partition coefficient (Wildman–Crippen LogP) is 3.65. The highest BCUT2D eigenvalue weighted by molar-refractivity contribution is 5.83. The molecule has 1 fully saturated rings. The molecular formula is C20H30N2O3. The van der Waals surface area contributed by atoms with Crippen LogP contribution >= 0.6 is 0 Å². The first kappa shape index (κ1) is 19.6. The van der Waals surface area contributed by atoms with Gasteiger partial charge in [-0.2, -0.15) is 0 Å². The summed E-state index contributed by atoms with van der Waals surface area (Å²) in [4.78, 5) is 8.55. The van der Waals surface area contributed by atoms with Gasteiger partial charge < -0.3 is 14.9 Å². The van der Waals surface area contributed by atoms with Crippen molar-refractivity contribution >= 4 is 10.9 Å². The Morgan fingerprint density at radius 1 is 1.24 bits per heavy atom. The van der Waals surface area contributed by atoms with Crippen molar-refractivity contribution in [2.75, 3.05) is 6.61 Å². The second-order valence-electron chi connectivity index (χ2n) is 6.97. The molecule has 0 bridgehead atoms. The molecule has 5 nitrogen and oxygen atoms in total. The maximum Gasteiger partial charge on any atom is 0.146 e. The summed E-state index contributed by atoms with van der Waals surface area (Å²) in [6.45, 7) is 6.17. The van der Waals surface area contributed by atoms with Crippen molar-refractivity contribution in [3.63, 3.8) is 0 Å². The molecule has 0 radical (unpaired) electrons. The first-order chi connectivity index (χ1) is 12.0. The number of ether oxygens (including phenoxy) is 1. The molecule has 1 aromatic carbocycles. The largest absolute Gasteiger partial charge is 0.488 e. The quantitative estimate of drug-likeness (QED) is 0.884. The van der Waals surface area contributed by atoms with Crippen molar-refractivity contribution in [1.82, 2.24) is 9.97 Å². The fraction of sp³-hybridized carbons (Fsp3) is 0.600. The van der Waals surface area contributed by atoms with Gasteiger partial charge in [0.25, 0.3) is 0 Å². The van der Waals surface area contributed by atoms with E-state index in [1.807, 2.05) is 32.0 Å².